The third kappa shape index (κ3) is 4.27. The molecule has 3 aliphatic rings. The highest BCUT2D eigenvalue weighted by molar-refractivity contribution is 5.99. The second-order valence-corrected chi connectivity index (χ2v) is 10.0. The second-order valence-electron chi connectivity index (χ2n) is 10.0. The quantitative estimate of drug-likeness (QED) is 0.456. The van der Waals surface area contributed by atoms with Crippen LogP contribution in [0.2, 0.25) is 0 Å². The summed E-state index contributed by atoms with van der Waals surface area (Å²) in [4.78, 5) is 23.4. The summed E-state index contributed by atoms with van der Waals surface area (Å²) in [6.07, 6.45) is 3.70. The standard InChI is InChI=1S/C26H29FN6O4/c1-14-18(10-31-24-23(14)29-4-6-35-24)17-7-15-8-20(30-11-19(15)22(28)21(17)27)32-25(34)37-16-9-26(36-12-16)3-5-33(2)13-26/h7-8,10-11,16,29H,3-6,9,12-13,28H2,1-2H3,(H,30,32,34). The van der Waals surface area contributed by atoms with Gasteiger partial charge in [-0.2, -0.15) is 0 Å². The Balaban J connectivity index is 1.24. The summed E-state index contributed by atoms with van der Waals surface area (Å²) in [5, 5.41) is 7.02. The van der Waals surface area contributed by atoms with Crippen molar-refractivity contribution in [3.8, 4) is 17.0 Å². The first-order valence-electron chi connectivity index (χ1n) is 12.4. The van der Waals surface area contributed by atoms with Crippen LogP contribution in [0.4, 0.5) is 26.4 Å². The third-order valence-corrected chi connectivity index (χ3v) is 7.42. The monoisotopic (exact) mass is 508 g/mol. The number of anilines is 3. The molecule has 2 aromatic heterocycles. The average Bonchev–Trinajstić information content (AvgIpc) is 3.45. The summed E-state index contributed by atoms with van der Waals surface area (Å²) in [6.45, 7) is 5.23. The van der Waals surface area contributed by atoms with Crippen molar-refractivity contribution in [3.63, 3.8) is 0 Å². The van der Waals surface area contributed by atoms with Gasteiger partial charge in [0.2, 0.25) is 5.88 Å². The molecule has 11 heteroatoms. The molecule has 6 rings (SSSR count). The number of ether oxygens (including phenoxy) is 3. The number of nitrogens with one attached hydrogen (secondary N) is 2. The number of hydrogen-bond acceptors (Lipinski definition) is 9. The SMILES string of the molecule is Cc1c(-c2cc3cc(NC(=O)OC4COC5(CCN(C)C5)C4)ncc3c(N)c2F)cnc2c1NCCO2. The van der Waals surface area contributed by atoms with Crippen molar-refractivity contribution in [3.05, 3.63) is 35.9 Å². The van der Waals surface area contributed by atoms with E-state index in [1.165, 1.54) is 6.20 Å². The Bertz CT molecular complexity index is 1400. The largest absolute Gasteiger partial charge is 0.474 e. The molecule has 10 nitrogen and oxygen atoms in total. The number of fused-ring (bicyclic) bond motifs is 2. The zero-order valence-electron chi connectivity index (χ0n) is 20.8. The molecule has 3 aromatic rings. The summed E-state index contributed by atoms with van der Waals surface area (Å²) in [7, 11) is 2.06. The zero-order valence-corrected chi connectivity index (χ0v) is 20.8. The van der Waals surface area contributed by atoms with Crippen LogP contribution in [-0.2, 0) is 9.47 Å². The molecule has 2 saturated heterocycles. The molecule has 2 atom stereocenters. The lowest BCUT2D eigenvalue weighted by atomic mass is 9.97. The lowest BCUT2D eigenvalue weighted by Crippen LogP contribution is -2.32. The Morgan fingerprint density at radius 1 is 1.32 bits per heavy atom. The van der Waals surface area contributed by atoms with E-state index in [9.17, 15) is 4.79 Å². The number of nitrogen functional groups attached to an aromatic ring is 1. The van der Waals surface area contributed by atoms with Gasteiger partial charge in [-0.1, -0.05) is 0 Å². The molecule has 3 aliphatic heterocycles. The van der Waals surface area contributed by atoms with Gasteiger partial charge in [0.05, 0.1) is 17.9 Å². The summed E-state index contributed by atoms with van der Waals surface area (Å²) >= 11 is 0. The summed E-state index contributed by atoms with van der Waals surface area (Å²) < 4.78 is 32.6. The van der Waals surface area contributed by atoms with Crippen molar-refractivity contribution >= 4 is 34.1 Å². The van der Waals surface area contributed by atoms with Gasteiger partial charge in [0, 0.05) is 55.0 Å². The number of hydrogen-bond donors (Lipinski definition) is 3. The Hall–Kier alpha value is -3.70. The molecule has 0 aliphatic carbocycles. The van der Waals surface area contributed by atoms with Crippen LogP contribution >= 0.6 is 0 Å². The molecule has 2 fully saturated rings. The Morgan fingerprint density at radius 2 is 2.19 bits per heavy atom. The molecular weight excluding hydrogens is 479 g/mol. The number of halogens is 1. The van der Waals surface area contributed by atoms with Gasteiger partial charge < -0.3 is 30.2 Å². The van der Waals surface area contributed by atoms with E-state index in [0.717, 1.165) is 30.8 Å². The van der Waals surface area contributed by atoms with Crippen molar-refractivity contribution in [2.45, 2.75) is 31.5 Å². The fourth-order valence-corrected chi connectivity index (χ4v) is 5.55. The number of amides is 1. The Morgan fingerprint density at radius 3 is 3.00 bits per heavy atom. The minimum atomic E-state index is -0.611. The van der Waals surface area contributed by atoms with E-state index < -0.39 is 11.9 Å². The van der Waals surface area contributed by atoms with Crippen molar-refractivity contribution < 1.29 is 23.4 Å². The van der Waals surface area contributed by atoms with Crippen molar-refractivity contribution in [2.24, 2.45) is 0 Å². The first kappa shape index (κ1) is 23.7. The molecule has 4 N–H and O–H groups in total. The normalized spacial score (nSPS) is 23.1. The summed E-state index contributed by atoms with van der Waals surface area (Å²) in [5.41, 5.74) is 8.36. The molecule has 37 heavy (non-hydrogen) atoms. The molecule has 5 heterocycles. The summed E-state index contributed by atoms with van der Waals surface area (Å²) in [5.74, 6) is 0.220. The van der Waals surface area contributed by atoms with Gasteiger partial charge in [-0.15, -0.1) is 0 Å². The highest BCUT2D eigenvalue weighted by Crippen LogP contribution is 2.40. The van der Waals surface area contributed by atoms with E-state index in [2.05, 4.69) is 32.5 Å². The number of pyridine rings is 2. The maximum atomic E-state index is 15.4. The van der Waals surface area contributed by atoms with Crippen molar-refractivity contribution in [1.82, 2.24) is 14.9 Å². The smallest absolute Gasteiger partial charge is 0.413 e. The zero-order chi connectivity index (χ0) is 25.7. The van der Waals surface area contributed by atoms with Crippen LogP contribution in [0.1, 0.15) is 18.4 Å². The van der Waals surface area contributed by atoms with Crippen LogP contribution in [0.15, 0.2) is 24.5 Å². The first-order valence-corrected chi connectivity index (χ1v) is 12.4. The van der Waals surface area contributed by atoms with Gasteiger partial charge in [-0.25, -0.2) is 19.2 Å². The molecule has 0 radical (unpaired) electrons. The van der Waals surface area contributed by atoms with Gasteiger partial charge in [0.1, 0.15) is 24.2 Å². The number of aromatic nitrogens is 2. The molecule has 0 saturated carbocycles. The highest BCUT2D eigenvalue weighted by atomic mass is 19.1. The average molecular weight is 509 g/mol. The molecule has 0 bridgehead atoms. The number of rotatable bonds is 3. The third-order valence-electron chi connectivity index (χ3n) is 7.42. The van der Waals surface area contributed by atoms with Crippen molar-refractivity contribution in [2.75, 3.05) is 56.3 Å². The van der Waals surface area contributed by atoms with Gasteiger partial charge in [-0.05, 0) is 43.5 Å². The van der Waals surface area contributed by atoms with Gasteiger partial charge >= 0.3 is 6.09 Å². The van der Waals surface area contributed by atoms with Gasteiger partial charge in [-0.3, -0.25) is 5.32 Å². The highest BCUT2D eigenvalue weighted by Gasteiger charge is 2.45. The number of nitrogens with two attached hydrogens (primary N) is 1. The van der Waals surface area contributed by atoms with E-state index >= 15 is 4.39 Å². The molecule has 194 valence electrons. The lowest BCUT2D eigenvalue weighted by molar-refractivity contribution is 0.00999. The molecule has 1 amide bonds. The Kier molecular flexibility index (Phi) is 5.76. The van der Waals surface area contributed by atoms with E-state index in [4.69, 9.17) is 19.9 Å². The van der Waals surface area contributed by atoms with E-state index in [-0.39, 0.29) is 23.2 Å². The second kappa shape index (κ2) is 9.00. The fraction of sp³-hybridized carbons (Fsp3) is 0.423. The summed E-state index contributed by atoms with van der Waals surface area (Å²) in [6, 6.07) is 3.33. The number of nitrogens with zero attached hydrogens (tertiary/aromatic N) is 3. The topological polar surface area (TPSA) is 124 Å². The molecule has 1 spiro atoms. The number of likely N-dealkylation sites (N-methyl/N-ethyl adjacent to an activating group) is 1. The van der Waals surface area contributed by atoms with Gasteiger partial charge in [0.25, 0.3) is 0 Å². The molecule has 1 aromatic carbocycles. The lowest BCUT2D eigenvalue weighted by Gasteiger charge is -2.22. The molecule has 2 unspecified atom stereocenters. The molecular formula is C26H29FN6O4. The number of benzene rings is 1. The van der Waals surface area contributed by atoms with E-state index in [0.29, 0.717) is 54.0 Å². The van der Waals surface area contributed by atoms with Crippen LogP contribution < -0.4 is 21.1 Å². The number of likely N-dealkylation sites (tertiary alicyclic amines) is 1. The van der Waals surface area contributed by atoms with Crippen LogP contribution in [0.3, 0.4) is 0 Å². The van der Waals surface area contributed by atoms with Gasteiger partial charge in [0.15, 0.2) is 5.82 Å². The predicted octanol–water partition coefficient (Wildman–Crippen LogP) is 3.54. The maximum Gasteiger partial charge on any atom is 0.413 e. The van der Waals surface area contributed by atoms with Crippen LogP contribution in [-0.4, -0.2) is 72.6 Å². The van der Waals surface area contributed by atoms with Crippen LogP contribution in [0.25, 0.3) is 21.9 Å². The van der Waals surface area contributed by atoms with Crippen LogP contribution in [0, 0.1) is 12.7 Å². The number of carbonyl (C=O) groups excluding carboxylic acids is 1. The van der Waals surface area contributed by atoms with E-state index in [1.807, 2.05) is 6.92 Å². The maximum absolute atomic E-state index is 15.4. The van der Waals surface area contributed by atoms with Crippen LogP contribution in [0.5, 0.6) is 5.88 Å². The Labute approximate surface area is 213 Å². The van der Waals surface area contributed by atoms with Crippen molar-refractivity contribution in [1.29, 1.82) is 0 Å². The van der Waals surface area contributed by atoms with E-state index in [1.54, 1.807) is 18.3 Å². The first-order chi connectivity index (χ1) is 17.8. The minimum absolute atomic E-state index is 0.0228. The predicted molar refractivity (Wildman–Crippen MR) is 137 cm³/mol. The number of carbonyl (C=O) groups is 1. The minimum Gasteiger partial charge on any atom is -0.474 e. The fourth-order valence-electron chi connectivity index (χ4n) is 5.55.